The summed E-state index contributed by atoms with van der Waals surface area (Å²) in [6.45, 7) is 6.41. The van der Waals surface area contributed by atoms with Gasteiger partial charge in [0.15, 0.2) is 0 Å². The fourth-order valence-corrected chi connectivity index (χ4v) is 3.47. The van der Waals surface area contributed by atoms with Gasteiger partial charge in [0, 0.05) is 24.8 Å². The molecule has 1 aromatic heterocycles. The summed E-state index contributed by atoms with van der Waals surface area (Å²) in [6, 6.07) is 11.5. The van der Waals surface area contributed by atoms with Gasteiger partial charge in [-0.05, 0) is 45.2 Å². The van der Waals surface area contributed by atoms with Crippen LogP contribution in [-0.4, -0.2) is 40.6 Å². The maximum atomic E-state index is 12.8. The van der Waals surface area contributed by atoms with E-state index in [-0.39, 0.29) is 17.9 Å². The molecule has 2 amide bonds. The molecular formula is C22H26ClN3O3. The normalized spacial score (nSPS) is 17.0. The molecular weight excluding hydrogens is 390 g/mol. The minimum absolute atomic E-state index is 0.160. The molecule has 2 heterocycles. The Hall–Kier alpha value is -2.60. The van der Waals surface area contributed by atoms with Gasteiger partial charge in [0.25, 0.3) is 0 Å². The van der Waals surface area contributed by atoms with Crippen molar-refractivity contribution in [3.8, 4) is 11.1 Å². The van der Waals surface area contributed by atoms with Crippen LogP contribution in [0.1, 0.15) is 33.6 Å². The van der Waals surface area contributed by atoms with Gasteiger partial charge in [-0.2, -0.15) is 0 Å². The Kier molecular flexibility index (Phi) is 6.42. The van der Waals surface area contributed by atoms with Crippen LogP contribution in [-0.2, 0) is 9.53 Å². The van der Waals surface area contributed by atoms with Crippen LogP contribution in [0.5, 0.6) is 0 Å². The number of hydrogen-bond acceptors (Lipinski definition) is 4. The number of rotatable bonds is 3. The number of amides is 2. The molecule has 3 rings (SSSR count). The number of hydrogen-bond donors (Lipinski definition) is 1. The number of nitrogens with one attached hydrogen (secondary N) is 1. The summed E-state index contributed by atoms with van der Waals surface area (Å²) in [5.41, 5.74) is 1.19. The van der Waals surface area contributed by atoms with Crippen LogP contribution in [0.2, 0.25) is 5.02 Å². The topological polar surface area (TPSA) is 71.5 Å². The summed E-state index contributed by atoms with van der Waals surface area (Å²) in [7, 11) is 0. The number of ether oxygens (including phenoxy) is 1. The number of nitrogens with zero attached hydrogens (tertiary/aromatic N) is 2. The summed E-state index contributed by atoms with van der Waals surface area (Å²) >= 11 is 6.29. The minimum atomic E-state index is -0.562. The Labute approximate surface area is 176 Å². The highest BCUT2D eigenvalue weighted by molar-refractivity contribution is 6.33. The summed E-state index contributed by atoms with van der Waals surface area (Å²) in [4.78, 5) is 30.9. The number of benzene rings is 1. The van der Waals surface area contributed by atoms with E-state index < -0.39 is 5.60 Å². The van der Waals surface area contributed by atoms with E-state index in [4.69, 9.17) is 16.3 Å². The molecule has 6 nitrogen and oxygen atoms in total. The highest BCUT2D eigenvalue weighted by Gasteiger charge is 2.31. The first-order chi connectivity index (χ1) is 13.7. The molecule has 1 aromatic carbocycles. The molecule has 1 atom stereocenters. The van der Waals surface area contributed by atoms with E-state index in [0.717, 1.165) is 17.5 Å². The van der Waals surface area contributed by atoms with E-state index >= 15 is 0 Å². The van der Waals surface area contributed by atoms with Gasteiger partial charge in [-0.15, -0.1) is 0 Å². The lowest BCUT2D eigenvalue weighted by atomic mass is 9.97. The average molecular weight is 416 g/mol. The molecule has 1 N–H and O–H groups in total. The molecule has 1 fully saturated rings. The van der Waals surface area contributed by atoms with Crippen molar-refractivity contribution in [2.24, 2.45) is 5.92 Å². The van der Waals surface area contributed by atoms with Crippen LogP contribution in [0.4, 0.5) is 10.6 Å². The van der Waals surface area contributed by atoms with Gasteiger partial charge in [-0.1, -0.05) is 41.9 Å². The van der Waals surface area contributed by atoms with Crippen molar-refractivity contribution in [3.05, 3.63) is 47.6 Å². The molecule has 1 saturated heterocycles. The number of anilines is 1. The molecule has 29 heavy (non-hydrogen) atoms. The first kappa shape index (κ1) is 21.1. The third-order valence-corrected chi connectivity index (χ3v) is 4.94. The molecule has 0 unspecified atom stereocenters. The van der Waals surface area contributed by atoms with Crippen molar-refractivity contribution in [1.82, 2.24) is 9.88 Å². The number of likely N-dealkylation sites (tertiary alicyclic amines) is 1. The molecule has 154 valence electrons. The van der Waals surface area contributed by atoms with Crippen molar-refractivity contribution in [3.63, 3.8) is 0 Å². The van der Waals surface area contributed by atoms with Crippen LogP contribution in [0, 0.1) is 5.92 Å². The molecule has 0 bridgehead atoms. The zero-order chi connectivity index (χ0) is 21.0. The van der Waals surface area contributed by atoms with Crippen LogP contribution < -0.4 is 5.32 Å². The Morgan fingerprint density at radius 2 is 1.97 bits per heavy atom. The lowest BCUT2D eigenvalue weighted by Gasteiger charge is -2.33. The summed E-state index contributed by atoms with van der Waals surface area (Å²) in [6.07, 6.45) is 2.61. The lowest BCUT2D eigenvalue weighted by molar-refractivity contribution is -0.121. The molecule has 1 aliphatic heterocycles. The highest BCUT2D eigenvalue weighted by atomic mass is 35.5. The predicted molar refractivity (Wildman–Crippen MR) is 114 cm³/mol. The van der Waals surface area contributed by atoms with Crippen molar-refractivity contribution in [2.75, 3.05) is 18.4 Å². The van der Waals surface area contributed by atoms with Crippen molar-refractivity contribution < 1.29 is 14.3 Å². The zero-order valence-corrected chi connectivity index (χ0v) is 17.7. The van der Waals surface area contributed by atoms with Crippen molar-refractivity contribution in [2.45, 2.75) is 39.2 Å². The maximum absolute atomic E-state index is 12.8. The molecule has 2 aromatic rings. The summed E-state index contributed by atoms with van der Waals surface area (Å²) in [5, 5.41) is 3.39. The van der Waals surface area contributed by atoms with Gasteiger partial charge in [-0.3, -0.25) is 4.79 Å². The zero-order valence-electron chi connectivity index (χ0n) is 16.9. The SMILES string of the molecule is CC(C)(C)OC(=O)N1CCC[C@@H](C(=O)Nc2cc(-c3ccccc3)c(Cl)cn2)C1. The number of pyridine rings is 1. The summed E-state index contributed by atoms with van der Waals surface area (Å²) < 4.78 is 5.43. The first-order valence-electron chi connectivity index (χ1n) is 9.73. The Balaban J connectivity index is 1.68. The smallest absolute Gasteiger partial charge is 0.410 e. The quantitative estimate of drug-likeness (QED) is 0.766. The average Bonchev–Trinajstić information content (AvgIpc) is 2.69. The molecule has 0 aliphatic carbocycles. The van der Waals surface area contributed by atoms with Gasteiger partial charge >= 0.3 is 6.09 Å². The van der Waals surface area contributed by atoms with E-state index in [1.165, 1.54) is 6.20 Å². The van der Waals surface area contributed by atoms with E-state index in [1.54, 1.807) is 11.0 Å². The maximum Gasteiger partial charge on any atom is 0.410 e. The largest absolute Gasteiger partial charge is 0.444 e. The van der Waals surface area contributed by atoms with Crippen LogP contribution >= 0.6 is 11.6 Å². The van der Waals surface area contributed by atoms with Gasteiger partial charge in [-0.25, -0.2) is 9.78 Å². The molecule has 0 spiro atoms. The van der Waals surface area contributed by atoms with Gasteiger partial charge in [0.05, 0.1) is 10.9 Å². The van der Waals surface area contributed by atoms with E-state index in [2.05, 4.69) is 10.3 Å². The number of aromatic nitrogens is 1. The number of carbonyl (C=O) groups excluding carboxylic acids is 2. The van der Waals surface area contributed by atoms with Gasteiger partial charge < -0.3 is 15.0 Å². The third kappa shape index (κ3) is 5.70. The number of carbonyl (C=O) groups is 2. The lowest BCUT2D eigenvalue weighted by Crippen LogP contribution is -2.45. The second-order valence-electron chi connectivity index (χ2n) is 8.17. The van der Waals surface area contributed by atoms with E-state index in [0.29, 0.717) is 30.4 Å². The van der Waals surface area contributed by atoms with E-state index in [1.807, 2.05) is 51.1 Å². The Morgan fingerprint density at radius 1 is 1.24 bits per heavy atom. The molecule has 7 heteroatoms. The number of halogens is 1. The van der Waals surface area contributed by atoms with Crippen LogP contribution in [0.3, 0.4) is 0 Å². The highest BCUT2D eigenvalue weighted by Crippen LogP contribution is 2.29. The monoisotopic (exact) mass is 415 g/mol. The Bertz CT molecular complexity index is 881. The Morgan fingerprint density at radius 3 is 2.66 bits per heavy atom. The molecule has 0 radical (unpaired) electrons. The van der Waals surface area contributed by atoms with Crippen molar-refractivity contribution in [1.29, 1.82) is 0 Å². The van der Waals surface area contributed by atoms with Gasteiger partial charge in [0.2, 0.25) is 5.91 Å². The molecule has 1 aliphatic rings. The van der Waals surface area contributed by atoms with Crippen molar-refractivity contribution >= 4 is 29.4 Å². The fraction of sp³-hybridized carbons (Fsp3) is 0.409. The second-order valence-corrected chi connectivity index (χ2v) is 8.58. The fourth-order valence-electron chi connectivity index (χ4n) is 3.26. The van der Waals surface area contributed by atoms with Crippen LogP contribution in [0.25, 0.3) is 11.1 Å². The first-order valence-corrected chi connectivity index (χ1v) is 10.1. The minimum Gasteiger partial charge on any atom is -0.444 e. The third-order valence-electron chi connectivity index (χ3n) is 4.64. The molecule has 0 saturated carbocycles. The van der Waals surface area contributed by atoms with Crippen LogP contribution in [0.15, 0.2) is 42.6 Å². The van der Waals surface area contributed by atoms with Gasteiger partial charge in [0.1, 0.15) is 11.4 Å². The predicted octanol–water partition coefficient (Wildman–Crippen LogP) is 4.99. The number of piperidine rings is 1. The standard InChI is InChI=1S/C22H26ClN3O3/c1-22(2,3)29-21(28)26-11-7-10-16(14-26)20(27)25-19-12-17(18(23)13-24-19)15-8-5-4-6-9-15/h4-6,8-9,12-13,16H,7,10-11,14H2,1-3H3,(H,24,25,27)/t16-/m1/s1. The summed E-state index contributed by atoms with van der Waals surface area (Å²) in [5.74, 6) is -0.0336. The van der Waals surface area contributed by atoms with E-state index in [9.17, 15) is 9.59 Å². The second kappa shape index (κ2) is 8.82.